The van der Waals surface area contributed by atoms with Crippen molar-refractivity contribution in [3.8, 4) is 10.6 Å². The maximum atomic E-state index is 13.3. The summed E-state index contributed by atoms with van der Waals surface area (Å²) < 4.78 is 34.5. The van der Waals surface area contributed by atoms with E-state index in [1.807, 2.05) is 6.07 Å². The van der Waals surface area contributed by atoms with Crippen LogP contribution in [0, 0.1) is 13.8 Å². The Morgan fingerprint density at radius 1 is 1.03 bits per heavy atom. The summed E-state index contributed by atoms with van der Waals surface area (Å²) in [5.74, 6) is 1.86. The van der Waals surface area contributed by atoms with Gasteiger partial charge in [0.25, 0.3) is 10.0 Å². The van der Waals surface area contributed by atoms with Gasteiger partial charge in [-0.3, -0.25) is 0 Å². The first-order valence-corrected chi connectivity index (χ1v) is 13.6. The molecule has 1 aromatic carbocycles. The average Bonchev–Trinajstić information content (AvgIpc) is 3.56. The lowest BCUT2D eigenvalue weighted by atomic mass is 10.1. The second kappa shape index (κ2) is 8.65. The highest BCUT2D eigenvalue weighted by atomic mass is 32.2. The first kappa shape index (κ1) is 21.7. The van der Waals surface area contributed by atoms with E-state index in [1.165, 1.54) is 41.0 Å². The van der Waals surface area contributed by atoms with Gasteiger partial charge in [-0.05, 0) is 56.0 Å². The maximum absolute atomic E-state index is 13.3. The van der Waals surface area contributed by atoms with Gasteiger partial charge in [-0.15, -0.1) is 11.3 Å². The molecule has 2 aromatic heterocycles. The van der Waals surface area contributed by atoms with Crippen molar-refractivity contribution in [2.75, 3.05) is 31.1 Å². The molecule has 5 rings (SSSR count). The minimum atomic E-state index is -3.52. The predicted molar refractivity (Wildman–Crippen MR) is 128 cm³/mol. The largest absolute Gasteiger partial charge is 0.440 e. The van der Waals surface area contributed by atoms with Gasteiger partial charge in [0.15, 0.2) is 11.7 Å². The summed E-state index contributed by atoms with van der Waals surface area (Å²) in [4.78, 5) is 7.56. The topological polar surface area (TPSA) is 66.7 Å². The predicted octanol–water partition coefficient (Wildman–Crippen LogP) is 5.19. The van der Waals surface area contributed by atoms with Crippen LogP contribution in [0.5, 0.6) is 0 Å². The smallest absolute Gasteiger partial charge is 0.252 e. The minimum Gasteiger partial charge on any atom is -0.440 e. The van der Waals surface area contributed by atoms with Gasteiger partial charge in [-0.2, -0.15) is 4.31 Å². The van der Waals surface area contributed by atoms with Gasteiger partial charge < -0.3 is 9.32 Å². The molecule has 0 bridgehead atoms. The van der Waals surface area contributed by atoms with Gasteiger partial charge in [0, 0.05) is 37.8 Å². The molecule has 1 saturated heterocycles. The fourth-order valence-electron chi connectivity index (χ4n) is 4.73. The lowest BCUT2D eigenvalue weighted by molar-refractivity contribution is 0.385. The van der Waals surface area contributed by atoms with Crippen molar-refractivity contribution in [2.24, 2.45) is 0 Å². The zero-order valence-electron chi connectivity index (χ0n) is 18.6. The molecular formula is C24H29N3O3S2. The van der Waals surface area contributed by atoms with Crippen LogP contribution in [-0.4, -0.2) is 43.9 Å². The van der Waals surface area contributed by atoms with Crippen LogP contribution in [-0.2, 0) is 10.0 Å². The molecule has 1 aliphatic heterocycles. The fourth-order valence-corrected chi connectivity index (χ4v) is 7.56. The summed E-state index contributed by atoms with van der Waals surface area (Å²) >= 11 is 1.27. The third-order valence-corrected chi connectivity index (χ3v) is 10.3. The third-order valence-electron chi connectivity index (χ3n) is 6.80. The van der Waals surface area contributed by atoms with Crippen molar-refractivity contribution < 1.29 is 12.8 Å². The van der Waals surface area contributed by atoms with Crippen molar-refractivity contribution in [2.45, 2.75) is 49.7 Å². The Labute approximate surface area is 193 Å². The molecule has 32 heavy (non-hydrogen) atoms. The number of rotatable bonds is 5. The van der Waals surface area contributed by atoms with Crippen LogP contribution >= 0.6 is 11.3 Å². The molecule has 3 heterocycles. The molecule has 0 amide bonds. The summed E-state index contributed by atoms with van der Waals surface area (Å²) in [5, 5.41) is 0. The van der Waals surface area contributed by atoms with Crippen LogP contribution in [0.25, 0.3) is 10.6 Å². The van der Waals surface area contributed by atoms with E-state index < -0.39 is 10.0 Å². The quantitative estimate of drug-likeness (QED) is 0.512. The third kappa shape index (κ3) is 4.00. The Hall–Kier alpha value is -2.16. The molecule has 1 aliphatic carbocycles. The summed E-state index contributed by atoms with van der Waals surface area (Å²) in [6.45, 7) is 6.58. The minimum absolute atomic E-state index is 0.367. The average molecular weight is 472 g/mol. The molecule has 0 N–H and O–H groups in total. The molecule has 1 saturated carbocycles. The van der Waals surface area contributed by atoms with Crippen LogP contribution in [0.4, 0.5) is 5.69 Å². The second-order valence-corrected chi connectivity index (χ2v) is 12.0. The number of hydrogen-bond acceptors (Lipinski definition) is 6. The number of anilines is 1. The van der Waals surface area contributed by atoms with Crippen LogP contribution in [0.1, 0.15) is 48.6 Å². The van der Waals surface area contributed by atoms with Crippen molar-refractivity contribution >= 4 is 27.0 Å². The van der Waals surface area contributed by atoms with Crippen LogP contribution in [0.3, 0.4) is 0 Å². The Morgan fingerprint density at radius 3 is 2.53 bits per heavy atom. The zero-order chi connectivity index (χ0) is 22.3. The first-order valence-electron chi connectivity index (χ1n) is 11.3. The SMILES string of the molecule is Cc1cccc(N2CCN(S(=O)(=O)c3ccc(-c4cnc(C5CCCC5)o4)s3)CC2)c1C. The number of aryl methyl sites for hydroxylation is 1. The number of sulfonamides is 1. The molecule has 2 aliphatic rings. The molecule has 0 radical (unpaired) electrons. The van der Waals surface area contributed by atoms with Gasteiger partial charge in [-0.1, -0.05) is 25.0 Å². The van der Waals surface area contributed by atoms with Crippen LogP contribution < -0.4 is 4.90 Å². The molecular weight excluding hydrogens is 442 g/mol. The fraction of sp³-hybridized carbons (Fsp3) is 0.458. The van der Waals surface area contributed by atoms with E-state index in [1.54, 1.807) is 16.6 Å². The monoisotopic (exact) mass is 471 g/mol. The number of thiophene rings is 1. The summed E-state index contributed by atoms with van der Waals surface area (Å²) in [6, 6.07) is 9.83. The molecule has 0 atom stereocenters. The molecule has 8 heteroatoms. The number of oxazole rings is 1. The lowest BCUT2D eigenvalue weighted by Gasteiger charge is -2.36. The standard InChI is InChI=1S/C24H29N3O3S2/c1-17-6-5-9-20(18(17)2)26-12-14-27(15-13-26)32(28,29)23-11-10-22(31-23)21-16-25-24(30-21)19-7-3-4-8-19/h5-6,9-11,16,19H,3-4,7-8,12-15H2,1-2H3. The Balaban J connectivity index is 1.29. The highest BCUT2D eigenvalue weighted by Gasteiger charge is 2.31. The summed E-state index contributed by atoms with van der Waals surface area (Å²) in [7, 11) is -3.52. The maximum Gasteiger partial charge on any atom is 0.252 e. The highest BCUT2D eigenvalue weighted by Crippen LogP contribution is 2.38. The first-order chi connectivity index (χ1) is 15.4. The van der Waals surface area contributed by atoms with Gasteiger partial charge >= 0.3 is 0 Å². The highest BCUT2D eigenvalue weighted by molar-refractivity contribution is 7.91. The van der Waals surface area contributed by atoms with E-state index in [0.717, 1.165) is 23.6 Å². The lowest BCUT2D eigenvalue weighted by Crippen LogP contribution is -2.48. The van der Waals surface area contributed by atoms with Crippen molar-refractivity contribution in [1.82, 2.24) is 9.29 Å². The van der Waals surface area contributed by atoms with Crippen molar-refractivity contribution in [3.05, 3.63) is 53.5 Å². The summed E-state index contributed by atoms with van der Waals surface area (Å²) in [5.41, 5.74) is 3.71. The van der Waals surface area contributed by atoms with E-state index >= 15 is 0 Å². The van der Waals surface area contributed by atoms with Gasteiger partial charge in [0.1, 0.15) is 4.21 Å². The van der Waals surface area contributed by atoms with Gasteiger partial charge in [-0.25, -0.2) is 13.4 Å². The van der Waals surface area contributed by atoms with E-state index in [9.17, 15) is 8.42 Å². The van der Waals surface area contributed by atoms with Crippen molar-refractivity contribution in [3.63, 3.8) is 0 Å². The van der Waals surface area contributed by atoms with E-state index in [-0.39, 0.29) is 0 Å². The summed E-state index contributed by atoms with van der Waals surface area (Å²) in [6.07, 6.45) is 6.43. The number of aromatic nitrogens is 1. The normalized spacial score (nSPS) is 18.5. The molecule has 0 unspecified atom stereocenters. The Kier molecular flexibility index (Phi) is 5.86. The van der Waals surface area contributed by atoms with Gasteiger partial charge in [0.05, 0.1) is 11.1 Å². The Morgan fingerprint density at radius 2 is 1.78 bits per heavy atom. The molecule has 0 spiro atoms. The van der Waals surface area contributed by atoms with Crippen LogP contribution in [0.2, 0.25) is 0 Å². The van der Waals surface area contributed by atoms with E-state index in [4.69, 9.17) is 4.42 Å². The number of benzene rings is 1. The number of piperazine rings is 1. The second-order valence-electron chi connectivity index (χ2n) is 8.77. The van der Waals surface area contributed by atoms with E-state index in [0.29, 0.717) is 42.1 Å². The number of hydrogen-bond donors (Lipinski definition) is 0. The molecule has 170 valence electrons. The van der Waals surface area contributed by atoms with Crippen molar-refractivity contribution in [1.29, 1.82) is 0 Å². The van der Waals surface area contributed by atoms with Gasteiger partial charge in [0.2, 0.25) is 0 Å². The molecule has 6 nitrogen and oxygen atoms in total. The Bertz CT molecular complexity index is 1200. The van der Waals surface area contributed by atoms with Crippen LogP contribution in [0.15, 0.2) is 45.2 Å². The molecule has 2 fully saturated rings. The number of nitrogens with zero attached hydrogens (tertiary/aromatic N) is 3. The molecule has 3 aromatic rings. The zero-order valence-corrected chi connectivity index (χ0v) is 20.2. The van der Waals surface area contributed by atoms with E-state index in [2.05, 4.69) is 41.9 Å².